The van der Waals surface area contributed by atoms with Gasteiger partial charge in [0.15, 0.2) is 0 Å². The molecule has 15 heavy (non-hydrogen) atoms. The largest absolute Gasteiger partial charge is 0.395 e. The van der Waals surface area contributed by atoms with E-state index in [0.717, 1.165) is 5.69 Å². The van der Waals surface area contributed by atoms with Crippen molar-refractivity contribution < 1.29 is 5.11 Å². The molecule has 0 saturated heterocycles. The molecule has 3 nitrogen and oxygen atoms in total. The van der Waals surface area contributed by atoms with Crippen LogP contribution in [0, 0.1) is 6.92 Å². The van der Waals surface area contributed by atoms with Gasteiger partial charge in [0.2, 0.25) is 0 Å². The van der Waals surface area contributed by atoms with E-state index < -0.39 is 0 Å². The predicted octanol–water partition coefficient (Wildman–Crippen LogP) is 2.22. The Balaban J connectivity index is 2.75. The van der Waals surface area contributed by atoms with Gasteiger partial charge >= 0.3 is 0 Å². The van der Waals surface area contributed by atoms with E-state index in [9.17, 15) is 0 Å². The highest BCUT2D eigenvalue weighted by Gasteiger charge is 2.14. The molecule has 2 N–H and O–H groups in total. The van der Waals surface area contributed by atoms with E-state index in [2.05, 4.69) is 38.0 Å². The quantitative estimate of drug-likeness (QED) is 0.812. The minimum Gasteiger partial charge on any atom is -0.395 e. The lowest BCUT2D eigenvalue weighted by Crippen LogP contribution is -2.21. The van der Waals surface area contributed by atoms with Crippen molar-refractivity contribution in [1.82, 2.24) is 10.3 Å². The highest BCUT2D eigenvalue weighted by atomic mass is 32.1. The molecule has 0 aliphatic heterocycles. The summed E-state index contributed by atoms with van der Waals surface area (Å²) in [5, 5.41) is 13.2. The molecule has 0 amide bonds. The summed E-state index contributed by atoms with van der Waals surface area (Å²) in [7, 11) is 0. The summed E-state index contributed by atoms with van der Waals surface area (Å²) in [6, 6.07) is 0.280. The zero-order valence-electron chi connectivity index (χ0n) is 9.87. The molecule has 1 atom stereocenters. The third-order valence-electron chi connectivity index (χ3n) is 2.30. The van der Waals surface area contributed by atoms with Gasteiger partial charge in [-0.1, -0.05) is 13.8 Å². The van der Waals surface area contributed by atoms with E-state index in [0.29, 0.717) is 12.5 Å². The van der Waals surface area contributed by atoms with Gasteiger partial charge in [-0.2, -0.15) is 0 Å². The lowest BCUT2D eigenvalue weighted by Gasteiger charge is -2.11. The number of nitrogens with zero attached hydrogens (tertiary/aromatic N) is 1. The highest BCUT2D eigenvalue weighted by molar-refractivity contribution is 7.11. The number of aromatic nitrogens is 1. The summed E-state index contributed by atoms with van der Waals surface area (Å²) >= 11 is 1.77. The standard InChI is InChI=1S/C11H20N2OS/c1-7(2)11-13-9(4)10(15-11)8(3)12-5-6-14/h7-8,12,14H,5-6H2,1-4H3. The van der Waals surface area contributed by atoms with Gasteiger partial charge in [-0.05, 0) is 13.8 Å². The molecule has 4 heteroatoms. The van der Waals surface area contributed by atoms with Gasteiger partial charge < -0.3 is 10.4 Å². The lowest BCUT2D eigenvalue weighted by molar-refractivity contribution is 0.286. The van der Waals surface area contributed by atoms with Crippen LogP contribution in [0.2, 0.25) is 0 Å². The minimum absolute atomic E-state index is 0.180. The van der Waals surface area contributed by atoms with E-state index >= 15 is 0 Å². The van der Waals surface area contributed by atoms with Crippen LogP contribution in [-0.4, -0.2) is 23.2 Å². The topological polar surface area (TPSA) is 45.2 Å². The fourth-order valence-electron chi connectivity index (χ4n) is 1.45. The Hall–Kier alpha value is -0.450. The summed E-state index contributed by atoms with van der Waals surface area (Å²) in [6.07, 6.45) is 0. The van der Waals surface area contributed by atoms with E-state index in [-0.39, 0.29) is 12.6 Å². The maximum atomic E-state index is 8.75. The van der Waals surface area contributed by atoms with Gasteiger partial charge in [-0.3, -0.25) is 0 Å². The second kappa shape index (κ2) is 5.58. The Morgan fingerprint density at radius 2 is 2.07 bits per heavy atom. The molecule has 1 rings (SSSR count). The van der Waals surface area contributed by atoms with Crippen LogP contribution in [0.5, 0.6) is 0 Å². The van der Waals surface area contributed by atoms with Crippen molar-refractivity contribution in [2.24, 2.45) is 0 Å². The van der Waals surface area contributed by atoms with Crippen LogP contribution in [0.25, 0.3) is 0 Å². The molecule has 1 heterocycles. The molecule has 0 radical (unpaired) electrons. The summed E-state index contributed by atoms with van der Waals surface area (Å²) in [5.41, 5.74) is 1.11. The van der Waals surface area contributed by atoms with Gasteiger partial charge in [-0.25, -0.2) is 4.98 Å². The Labute approximate surface area is 95.6 Å². The molecule has 0 spiro atoms. The monoisotopic (exact) mass is 228 g/mol. The van der Waals surface area contributed by atoms with E-state index in [1.165, 1.54) is 9.88 Å². The maximum Gasteiger partial charge on any atom is 0.0956 e. The zero-order valence-corrected chi connectivity index (χ0v) is 10.7. The van der Waals surface area contributed by atoms with Crippen LogP contribution in [0.4, 0.5) is 0 Å². The van der Waals surface area contributed by atoms with Crippen LogP contribution in [0.15, 0.2) is 0 Å². The first kappa shape index (κ1) is 12.6. The summed E-state index contributed by atoms with van der Waals surface area (Å²) < 4.78 is 0. The molecular weight excluding hydrogens is 208 g/mol. The third kappa shape index (κ3) is 3.26. The maximum absolute atomic E-state index is 8.75. The van der Waals surface area contributed by atoms with Gasteiger partial charge in [0.25, 0.3) is 0 Å². The normalized spacial score (nSPS) is 13.5. The smallest absolute Gasteiger partial charge is 0.0956 e. The number of aliphatic hydroxyl groups is 1. The number of nitrogens with one attached hydrogen (secondary N) is 1. The van der Waals surface area contributed by atoms with Gasteiger partial charge in [0.1, 0.15) is 0 Å². The second-order valence-corrected chi connectivity index (χ2v) is 5.12. The Morgan fingerprint density at radius 1 is 1.40 bits per heavy atom. The molecule has 0 bridgehead atoms. The Kier molecular flexibility index (Phi) is 4.70. The molecule has 86 valence electrons. The van der Waals surface area contributed by atoms with E-state index in [1.54, 1.807) is 11.3 Å². The van der Waals surface area contributed by atoms with Gasteiger partial charge in [-0.15, -0.1) is 11.3 Å². The van der Waals surface area contributed by atoms with E-state index in [4.69, 9.17) is 5.11 Å². The molecule has 1 aromatic rings. The first-order chi connectivity index (χ1) is 7.06. The zero-order chi connectivity index (χ0) is 11.4. The Morgan fingerprint density at radius 3 is 2.53 bits per heavy atom. The number of hydrogen-bond acceptors (Lipinski definition) is 4. The third-order valence-corrected chi connectivity index (χ3v) is 3.94. The molecule has 0 saturated carbocycles. The highest BCUT2D eigenvalue weighted by Crippen LogP contribution is 2.28. The number of aryl methyl sites for hydroxylation is 1. The number of aliphatic hydroxyl groups excluding tert-OH is 1. The Bertz CT molecular complexity index is 310. The number of thiazole rings is 1. The molecule has 1 unspecified atom stereocenters. The summed E-state index contributed by atoms with van der Waals surface area (Å²) in [4.78, 5) is 5.84. The van der Waals surface area contributed by atoms with Gasteiger partial charge in [0.05, 0.1) is 17.3 Å². The van der Waals surface area contributed by atoms with Crippen molar-refractivity contribution in [3.8, 4) is 0 Å². The average molecular weight is 228 g/mol. The summed E-state index contributed by atoms with van der Waals surface area (Å²) in [5.74, 6) is 0.493. The van der Waals surface area contributed by atoms with Crippen molar-refractivity contribution in [3.63, 3.8) is 0 Å². The summed E-state index contributed by atoms with van der Waals surface area (Å²) in [6.45, 7) is 9.30. The average Bonchev–Trinajstić information content (AvgIpc) is 2.57. The van der Waals surface area contributed by atoms with Crippen LogP contribution >= 0.6 is 11.3 Å². The molecule has 0 fully saturated rings. The first-order valence-electron chi connectivity index (χ1n) is 5.37. The second-order valence-electron chi connectivity index (χ2n) is 4.06. The van der Waals surface area contributed by atoms with Crippen molar-refractivity contribution in [3.05, 3.63) is 15.6 Å². The molecule has 0 aliphatic rings. The number of rotatable bonds is 5. The first-order valence-corrected chi connectivity index (χ1v) is 6.19. The van der Waals surface area contributed by atoms with Crippen molar-refractivity contribution in [1.29, 1.82) is 0 Å². The fraction of sp³-hybridized carbons (Fsp3) is 0.727. The fourth-order valence-corrected chi connectivity index (χ4v) is 2.55. The van der Waals surface area contributed by atoms with Crippen LogP contribution < -0.4 is 5.32 Å². The van der Waals surface area contributed by atoms with E-state index in [1.807, 2.05) is 0 Å². The predicted molar refractivity (Wildman–Crippen MR) is 64.4 cm³/mol. The number of hydrogen-bond donors (Lipinski definition) is 2. The minimum atomic E-state index is 0.180. The molecular formula is C11H20N2OS. The van der Waals surface area contributed by atoms with Crippen molar-refractivity contribution in [2.75, 3.05) is 13.2 Å². The van der Waals surface area contributed by atoms with Crippen molar-refractivity contribution in [2.45, 2.75) is 39.7 Å². The SMILES string of the molecule is Cc1nc(C(C)C)sc1C(C)NCCO. The van der Waals surface area contributed by atoms with Gasteiger partial charge in [0, 0.05) is 23.4 Å². The van der Waals surface area contributed by atoms with Crippen LogP contribution in [0.3, 0.4) is 0 Å². The molecule has 0 aliphatic carbocycles. The van der Waals surface area contributed by atoms with Crippen LogP contribution in [-0.2, 0) is 0 Å². The lowest BCUT2D eigenvalue weighted by atomic mass is 10.2. The van der Waals surface area contributed by atoms with Crippen LogP contribution in [0.1, 0.15) is 48.3 Å². The molecule has 1 aromatic heterocycles. The molecule has 0 aromatic carbocycles. The van der Waals surface area contributed by atoms with Crippen molar-refractivity contribution >= 4 is 11.3 Å².